The molecule has 2 nitrogen and oxygen atoms in total. The summed E-state index contributed by atoms with van der Waals surface area (Å²) in [4.78, 5) is 2.79. The molecule has 0 aromatic heterocycles. The van der Waals surface area contributed by atoms with Gasteiger partial charge in [-0.2, -0.15) is 11.8 Å². The van der Waals surface area contributed by atoms with Gasteiger partial charge in [0.05, 0.1) is 0 Å². The second-order valence-electron chi connectivity index (χ2n) is 5.49. The first kappa shape index (κ1) is 13.7. The molecule has 17 heavy (non-hydrogen) atoms. The molecule has 2 aliphatic rings. The lowest BCUT2D eigenvalue weighted by Crippen LogP contribution is -2.39. The topological polar surface area (TPSA) is 15.3 Å². The van der Waals surface area contributed by atoms with Crippen LogP contribution in [0.2, 0.25) is 0 Å². The van der Waals surface area contributed by atoms with Gasteiger partial charge >= 0.3 is 0 Å². The van der Waals surface area contributed by atoms with Crippen molar-refractivity contribution in [3.8, 4) is 0 Å². The molecule has 3 heteroatoms. The second kappa shape index (κ2) is 7.65. The van der Waals surface area contributed by atoms with Crippen molar-refractivity contribution in [1.82, 2.24) is 10.2 Å². The maximum absolute atomic E-state index is 3.55. The Hall–Kier alpha value is 0.270. The molecule has 0 bridgehead atoms. The van der Waals surface area contributed by atoms with E-state index in [0.29, 0.717) is 0 Å². The summed E-state index contributed by atoms with van der Waals surface area (Å²) in [5.41, 5.74) is 0. The van der Waals surface area contributed by atoms with E-state index < -0.39 is 0 Å². The lowest BCUT2D eigenvalue weighted by atomic mass is 9.99. The smallest absolute Gasteiger partial charge is 0.00965 e. The van der Waals surface area contributed by atoms with Crippen LogP contribution < -0.4 is 5.32 Å². The minimum atomic E-state index is 0.920. The van der Waals surface area contributed by atoms with Gasteiger partial charge in [-0.3, -0.25) is 0 Å². The zero-order chi connectivity index (χ0) is 11.9. The van der Waals surface area contributed by atoms with E-state index in [0.717, 1.165) is 12.0 Å². The summed E-state index contributed by atoms with van der Waals surface area (Å²) in [7, 11) is 0. The minimum absolute atomic E-state index is 0.920. The Morgan fingerprint density at radius 3 is 2.82 bits per heavy atom. The molecule has 100 valence electrons. The number of rotatable bonds is 8. The molecule has 1 saturated carbocycles. The minimum Gasteiger partial charge on any atom is -0.316 e. The highest BCUT2D eigenvalue weighted by atomic mass is 32.2. The van der Waals surface area contributed by atoms with E-state index in [1.165, 1.54) is 69.8 Å². The molecule has 1 unspecified atom stereocenters. The summed E-state index contributed by atoms with van der Waals surface area (Å²) in [6, 6.07) is 0.948. The molecule has 1 atom stereocenters. The van der Waals surface area contributed by atoms with Gasteiger partial charge in [0, 0.05) is 12.6 Å². The van der Waals surface area contributed by atoms with E-state index in [9.17, 15) is 0 Å². The van der Waals surface area contributed by atoms with Crippen LogP contribution in [0.15, 0.2) is 0 Å². The Morgan fingerprint density at radius 2 is 2.18 bits per heavy atom. The van der Waals surface area contributed by atoms with Crippen LogP contribution in [-0.4, -0.2) is 48.6 Å². The number of hydrogen-bond acceptors (Lipinski definition) is 3. The fourth-order valence-electron chi connectivity index (χ4n) is 2.79. The van der Waals surface area contributed by atoms with Crippen LogP contribution in [0.5, 0.6) is 0 Å². The molecule has 1 aliphatic carbocycles. The maximum atomic E-state index is 3.55. The van der Waals surface area contributed by atoms with Gasteiger partial charge in [-0.15, -0.1) is 0 Å². The number of piperidine rings is 1. The molecule has 1 saturated heterocycles. The highest BCUT2D eigenvalue weighted by molar-refractivity contribution is 7.99. The van der Waals surface area contributed by atoms with E-state index in [-0.39, 0.29) is 0 Å². The number of thioether (sulfide) groups is 1. The molecule has 1 heterocycles. The fraction of sp³-hybridized carbons (Fsp3) is 1.00. The number of nitrogens with one attached hydrogen (secondary N) is 1. The first-order chi connectivity index (χ1) is 8.40. The van der Waals surface area contributed by atoms with Gasteiger partial charge in [0.2, 0.25) is 0 Å². The van der Waals surface area contributed by atoms with E-state index in [2.05, 4.69) is 28.9 Å². The van der Waals surface area contributed by atoms with Crippen LogP contribution >= 0.6 is 11.8 Å². The first-order valence-electron chi connectivity index (χ1n) is 7.42. The van der Waals surface area contributed by atoms with Crippen molar-refractivity contribution in [2.24, 2.45) is 5.92 Å². The molecular formula is C14H28N2S. The molecule has 1 aliphatic heterocycles. The van der Waals surface area contributed by atoms with Crippen LogP contribution in [0, 0.1) is 5.92 Å². The standard InChI is InChI=1S/C14H28N2S/c1-2-17-10-4-9-16(14-6-7-14)12-13-5-3-8-15-11-13/h13-15H,2-12H2,1H3. The van der Waals surface area contributed by atoms with Crippen molar-refractivity contribution in [3.63, 3.8) is 0 Å². The van der Waals surface area contributed by atoms with Gasteiger partial charge in [0.1, 0.15) is 0 Å². The average Bonchev–Trinajstić information content (AvgIpc) is 3.19. The lowest BCUT2D eigenvalue weighted by molar-refractivity contribution is 0.200. The van der Waals surface area contributed by atoms with Crippen molar-refractivity contribution in [2.45, 2.75) is 45.1 Å². The van der Waals surface area contributed by atoms with Crippen molar-refractivity contribution in [3.05, 3.63) is 0 Å². The molecule has 0 spiro atoms. The Labute approximate surface area is 111 Å². The Balaban J connectivity index is 1.65. The summed E-state index contributed by atoms with van der Waals surface area (Å²) in [5, 5.41) is 3.55. The van der Waals surface area contributed by atoms with Crippen molar-refractivity contribution in [2.75, 3.05) is 37.7 Å². The summed E-state index contributed by atoms with van der Waals surface area (Å²) in [5.74, 6) is 3.54. The van der Waals surface area contributed by atoms with E-state index >= 15 is 0 Å². The normalized spacial score (nSPS) is 25.4. The first-order valence-corrected chi connectivity index (χ1v) is 8.58. The molecular weight excluding hydrogens is 228 g/mol. The van der Waals surface area contributed by atoms with Crippen LogP contribution in [0.3, 0.4) is 0 Å². The highest BCUT2D eigenvalue weighted by Crippen LogP contribution is 2.28. The quantitative estimate of drug-likeness (QED) is 0.672. The van der Waals surface area contributed by atoms with Gasteiger partial charge in [0.15, 0.2) is 0 Å². The van der Waals surface area contributed by atoms with E-state index in [4.69, 9.17) is 0 Å². The predicted octanol–water partition coefficient (Wildman–Crippen LogP) is 2.59. The molecule has 2 rings (SSSR count). The van der Waals surface area contributed by atoms with Crippen LogP contribution in [0.1, 0.15) is 39.0 Å². The number of nitrogens with zero attached hydrogens (tertiary/aromatic N) is 1. The average molecular weight is 256 g/mol. The molecule has 0 aromatic rings. The molecule has 0 aromatic carbocycles. The molecule has 1 N–H and O–H groups in total. The summed E-state index contributed by atoms with van der Waals surface area (Å²) in [6.07, 6.45) is 7.13. The van der Waals surface area contributed by atoms with Crippen LogP contribution in [0.4, 0.5) is 0 Å². The summed E-state index contributed by atoms with van der Waals surface area (Å²) >= 11 is 2.09. The van der Waals surface area contributed by atoms with Crippen LogP contribution in [0.25, 0.3) is 0 Å². The lowest BCUT2D eigenvalue weighted by Gasteiger charge is -2.30. The highest BCUT2D eigenvalue weighted by Gasteiger charge is 2.30. The zero-order valence-electron chi connectivity index (χ0n) is 11.3. The Morgan fingerprint density at radius 1 is 1.29 bits per heavy atom. The summed E-state index contributed by atoms with van der Waals surface area (Å²) < 4.78 is 0. The number of hydrogen-bond donors (Lipinski definition) is 1. The van der Waals surface area contributed by atoms with E-state index in [1.54, 1.807) is 0 Å². The molecule has 0 amide bonds. The third kappa shape index (κ3) is 5.19. The van der Waals surface area contributed by atoms with Gasteiger partial charge in [-0.05, 0) is 69.2 Å². The Bertz CT molecular complexity index is 200. The third-order valence-corrected chi connectivity index (χ3v) is 4.88. The molecule has 2 fully saturated rings. The van der Waals surface area contributed by atoms with Crippen molar-refractivity contribution >= 4 is 11.8 Å². The monoisotopic (exact) mass is 256 g/mol. The van der Waals surface area contributed by atoms with Gasteiger partial charge in [-0.1, -0.05) is 6.92 Å². The van der Waals surface area contributed by atoms with Gasteiger partial charge in [0.25, 0.3) is 0 Å². The van der Waals surface area contributed by atoms with Crippen LogP contribution in [-0.2, 0) is 0 Å². The molecule has 0 radical (unpaired) electrons. The second-order valence-corrected chi connectivity index (χ2v) is 6.88. The SMILES string of the molecule is CCSCCCN(CC1CCCNC1)C1CC1. The largest absolute Gasteiger partial charge is 0.316 e. The van der Waals surface area contributed by atoms with Gasteiger partial charge in [-0.25, -0.2) is 0 Å². The fourth-order valence-corrected chi connectivity index (χ4v) is 3.41. The Kier molecular flexibility index (Phi) is 6.16. The maximum Gasteiger partial charge on any atom is 0.00965 e. The zero-order valence-corrected chi connectivity index (χ0v) is 12.1. The van der Waals surface area contributed by atoms with E-state index in [1.807, 2.05) is 0 Å². The van der Waals surface area contributed by atoms with Gasteiger partial charge < -0.3 is 10.2 Å². The third-order valence-electron chi connectivity index (χ3n) is 3.89. The predicted molar refractivity (Wildman–Crippen MR) is 77.8 cm³/mol. The van der Waals surface area contributed by atoms with Crippen molar-refractivity contribution < 1.29 is 0 Å². The van der Waals surface area contributed by atoms with Crippen molar-refractivity contribution in [1.29, 1.82) is 0 Å². The summed E-state index contributed by atoms with van der Waals surface area (Å²) in [6.45, 7) is 7.46.